The Hall–Kier alpha value is -1.12. The first-order chi connectivity index (χ1) is 7.93. The molecule has 1 aliphatic carbocycles. The van der Waals surface area contributed by atoms with Gasteiger partial charge in [0.2, 0.25) is 0 Å². The first kappa shape index (κ1) is 10.1. The Morgan fingerprint density at radius 3 is 2.81 bits per heavy atom. The van der Waals surface area contributed by atoms with Crippen LogP contribution in [-0.2, 0) is 6.54 Å². The van der Waals surface area contributed by atoms with Gasteiger partial charge < -0.3 is 5.32 Å². The van der Waals surface area contributed by atoms with Crippen LogP contribution >= 0.6 is 11.3 Å². The number of benzene rings is 1. The molecule has 1 aromatic heterocycles. The van der Waals surface area contributed by atoms with Gasteiger partial charge in [-0.05, 0) is 34.4 Å². The normalized spacial score (nSPS) is 23.2. The smallest absolute Gasteiger partial charge is 0.0216 e. The third-order valence-corrected chi connectivity index (χ3v) is 3.90. The molecular formula is C14H15NS. The van der Waals surface area contributed by atoms with Crippen LogP contribution in [0.2, 0.25) is 0 Å². The Morgan fingerprint density at radius 2 is 2.06 bits per heavy atom. The standard InChI is InChI=1S/C14H15NS/c1-2-4-12(5-3-1)13-8-14(13)15-9-11-6-7-16-10-11/h1-7,10,13-15H,8-9H2. The predicted molar refractivity (Wildman–Crippen MR) is 68.7 cm³/mol. The topological polar surface area (TPSA) is 12.0 Å². The number of nitrogens with one attached hydrogen (secondary N) is 1. The monoisotopic (exact) mass is 229 g/mol. The number of rotatable bonds is 4. The summed E-state index contributed by atoms with van der Waals surface area (Å²) in [7, 11) is 0. The van der Waals surface area contributed by atoms with Gasteiger partial charge in [-0.15, -0.1) is 0 Å². The minimum Gasteiger partial charge on any atom is -0.309 e. The molecule has 2 atom stereocenters. The van der Waals surface area contributed by atoms with E-state index >= 15 is 0 Å². The lowest BCUT2D eigenvalue weighted by atomic mass is 10.1. The maximum Gasteiger partial charge on any atom is 0.0216 e. The van der Waals surface area contributed by atoms with E-state index in [1.54, 1.807) is 11.3 Å². The van der Waals surface area contributed by atoms with Crippen molar-refractivity contribution in [3.8, 4) is 0 Å². The molecule has 0 spiro atoms. The van der Waals surface area contributed by atoms with Crippen molar-refractivity contribution in [2.75, 3.05) is 0 Å². The lowest BCUT2D eigenvalue weighted by molar-refractivity contribution is 0.674. The zero-order valence-electron chi connectivity index (χ0n) is 9.10. The van der Waals surface area contributed by atoms with Gasteiger partial charge in [-0.1, -0.05) is 30.3 Å². The fourth-order valence-electron chi connectivity index (χ4n) is 2.13. The lowest BCUT2D eigenvalue weighted by Crippen LogP contribution is -2.16. The summed E-state index contributed by atoms with van der Waals surface area (Å²) in [5, 5.41) is 7.97. The van der Waals surface area contributed by atoms with E-state index in [9.17, 15) is 0 Å². The van der Waals surface area contributed by atoms with Crippen LogP contribution in [0.3, 0.4) is 0 Å². The summed E-state index contributed by atoms with van der Waals surface area (Å²) in [6, 6.07) is 13.7. The van der Waals surface area contributed by atoms with E-state index in [-0.39, 0.29) is 0 Å². The molecule has 1 aromatic carbocycles. The van der Waals surface area contributed by atoms with Crippen molar-refractivity contribution in [3.63, 3.8) is 0 Å². The SMILES string of the molecule is c1ccc(C2CC2NCc2ccsc2)cc1. The van der Waals surface area contributed by atoms with Crippen molar-refractivity contribution < 1.29 is 0 Å². The Balaban J connectivity index is 1.53. The number of hydrogen-bond donors (Lipinski definition) is 1. The molecule has 0 amide bonds. The van der Waals surface area contributed by atoms with E-state index in [4.69, 9.17) is 0 Å². The molecule has 0 bridgehead atoms. The molecule has 0 radical (unpaired) electrons. The minimum absolute atomic E-state index is 0.683. The summed E-state index contributed by atoms with van der Waals surface area (Å²) < 4.78 is 0. The Kier molecular flexibility index (Phi) is 2.77. The van der Waals surface area contributed by atoms with E-state index < -0.39 is 0 Å². The average Bonchev–Trinajstić information content (AvgIpc) is 2.93. The molecule has 16 heavy (non-hydrogen) atoms. The average molecular weight is 229 g/mol. The second-order valence-corrected chi connectivity index (χ2v) is 5.15. The van der Waals surface area contributed by atoms with E-state index in [0.717, 1.165) is 12.5 Å². The molecule has 3 rings (SSSR count). The highest BCUT2D eigenvalue weighted by Crippen LogP contribution is 2.40. The van der Waals surface area contributed by atoms with Gasteiger partial charge in [-0.2, -0.15) is 11.3 Å². The molecule has 0 saturated heterocycles. The van der Waals surface area contributed by atoms with Gasteiger partial charge in [0, 0.05) is 18.5 Å². The highest BCUT2D eigenvalue weighted by atomic mass is 32.1. The predicted octanol–water partition coefficient (Wildman–Crippen LogP) is 3.39. The van der Waals surface area contributed by atoms with Crippen molar-refractivity contribution in [1.29, 1.82) is 0 Å². The Labute approximate surface area is 100 Å². The van der Waals surface area contributed by atoms with E-state index in [0.29, 0.717) is 6.04 Å². The summed E-state index contributed by atoms with van der Waals surface area (Å²) >= 11 is 1.77. The maximum atomic E-state index is 3.61. The zero-order chi connectivity index (χ0) is 10.8. The van der Waals surface area contributed by atoms with Gasteiger partial charge in [0.05, 0.1) is 0 Å². The maximum absolute atomic E-state index is 3.61. The largest absolute Gasteiger partial charge is 0.309 e. The molecule has 82 valence electrons. The van der Waals surface area contributed by atoms with Crippen LogP contribution in [0.15, 0.2) is 47.2 Å². The van der Waals surface area contributed by atoms with Crippen molar-refractivity contribution in [1.82, 2.24) is 5.32 Å². The molecule has 1 fully saturated rings. The fraction of sp³-hybridized carbons (Fsp3) is 0.286. The van der Waals surface area contributed by atoms with Crippen LogP contribution in [0, 0.1) is 0 Å². The minimum atomic E-state index is 0.683. The lowest BCUT2D eigenvalue weighted by Gasteiger charge is -2.02. The van der Waals surface area contributed by atoms with Gasteiger partial charge in [0.1, 0.15) is 0 Å². The van der Waals surface area contributed by atoms with Gasteiger partial charge in [-0.3, -0.25) is 0 Å². The van der Waals surface area contributed by atoms with Crippen molar-refractivity contribution in [3.05, 3.63) is 58.3 Å². The van der Waals surface area contributed by atoms with Crippen LogP contribution < -0.4 is 5.32 Å². The Bertz CT molecular complexity index is 435. The third-order valence-electron chi connectivity index (χ3n) is 3.17. The highest BCUT2D eigenvalue weighted by Gasteiger charge is 2.37. The van der Waals surface area contributed by atoms with Gasteiger partial charge in [0.15, 0.2) is 0 Å². The van der Waals surface area contributed by atoms with Crippen LogP contribution in [0.4, 0.5) is 0 Å². The quantitative estimate of drug-likeness (QED) is 0.847. The van der Waals surface area contributed by atoms with E-state index in [1.165, 1.54) is 17.5 Å². The Morgan fingerprint density at radius 1 is 1.19 bits per heavy atom. The summed E-state index contributed by atoms with van der Waals surface area (Å²) in [5.74, 6) is 0.736. The molecule has 2 unspecified atom stereocenters. The summed E-state index contributed by atoms with van der Waals surface area (Å²) in [4.78, 5) is 0. The van der Waals surface area contributed by atoms with Gasteiger partial charge in [0.25, 0.3) is 0 Å². The molecule has 1 nitrogen and oxygen atoms in total. The van der Waals surface area contributed by atoms with Gasteiger partial charge in [-0.25, -0.2) is 0 Å². The van der Waals surface area contributed by atoms with Crippen LogP contribution in [0.5, 0.6) is 0 Å². The van der Waals surface area contributed by atoms with E-state index in [1.807, 2.05) is 0 Å². The first-order valence-electron chi connectivity index (χ1n) is 5.73. The molecule has 1 N–H and O–H groups in total. The summed E-state index contributed by atoms with van der Waals surface area (Å²) in [6.45, 7) is 1.01. The summed E-state index contributed by atoms with van der Waals surface area (Å²) in [6.07, 6.45) is 1.29. The molecule has 2 aromatic rings. The first-order valence-corrected chi connectivity index (χ1v) is 6.67. The second-order valence-electron chi connectivity index (χ2n) is 4.37. The molecular weight excluding hydrogens is 214 g/mol. The van der Waals surface area contributed by atoms with Crippen LogP contribution in [-0.4, -0.2) is 6.04 Å². The molecule has 1 saturated carbocycles. The zero-order valence-corrected chi connectivity index (χ0v) is 9.91. The van der Waals surface area contributed by atoms with Crippen LogP contribution in [0.25, 0.3) is 0 Å². The summed E-state index contributed by atoms with van der Waals surface area (Å²) in [5.41, 5.74) is 2.88. The molecule has 0 aliphatic heterocycles. The third kappa shape index (κ3) is 2.18. The van der Waals surface area contributed by atoms with Crippen molar-refractivity contribution in [2.45, 2.75) is 24.9 Å². The molecule has 2 heteroatoms. The second kappa shape index (κ2) is 4.40. The van der Waals surface area contributed by atoms with Crippen molar-refractivity contribution >= 4 is 11.3 Å². The number of thiophene rings is 1. The van der Waals surface area contributed by atoms with Gasteiger partial charge >= 0.3 is 0 Å². The molecule has 1 aliphatic rings. The fourth-order valence-corrected chi connectivity index (χ4v) is 2.80. The van der Waals surface area contributed by atoms with E-state index in [2.05, 4.69) is 52.5 Å². The number of hydrogen-bond acceptors (Lipinski definition) is 2. The highest BCUT2D eigenvalue weighted by molar-refractivity contribution is 7.07. The van der Waals surface area contributed by atoms with Crippen LogP contribution in [0.1, 0.15) is 23.5 Å². The van der Waals surface area contributed by atoms with Crippen molar-refractivity contribution in [2.24, 2.45) is 0 Å². The molecule has 1 heterocycles.